The number of unbranched alkanes of at least 4 members (excludes halogenated alkanes) is 1. The third kappa shape index (κ3) is 9.70. The van der Waals surface area contributed by atoms with Crippen LogP contribution in [0.4, 0.5) is 10.5 Å². The number of Topliss-reactive ketones (excluding diaryl/α,β-unsaturated/α-hetero) is 1. The molecule has 31 heavy (non-hydrogen) atoms. The highest BCUT2D eigenvalue weighted by Gasteiger charge is 2.22. The van der Waals surface area contributed by atoms with Crippen LogP contribution in [0.15, 0.2) is 24.3 Å². The van der Waals surface area contributed by atoms with Crippen LogP contribution in [-0.4, -0.2) is 53.0 Å². The van der Waals surface area contributed by atoms with E-state index in [4.69, 9.17) is 4.74 Å². The average Bonchev–Trinajstić information content (AvgIpc) is 2.69. The van der Waals surface area contributed by atoms with Crippen molar-refractivity contribution in [1.29, 1.82) is 0 Å². The molecule has 11 heteroatoms. The lowest BCUT2D eigenvalue weighted by molar-refractivity contribution is -0.384. The van der Waals surface area contributed by atoms with Gasteiger partial charge in [0, 0.05) is 24.2 Å². The van der Waals surface area contributed by atoms with Gasteiger partial charge in [-0.05, 0) is 36.8 Å². The number of nitrogens with zero attached hydrogens (tertiary/aromatic N) is 1. The highest BCUT2D eigenvalue weighted by atomic mass is 16.6. The average molecular weight is 437 g/mol. The summed E-state index contributed by atoms with van der Waals surface area (Å²) in [6.45, 7) is 5.87. The molecule has 1 atom stereocenters. The number of nitro benzene ring substituents is 1. The van der Waals surface area contributed by atoms with Crippen LogP contribution < -0.4 is 10.6 Å². The first-order valence-electron chi connectivity index (χ1n) is 9.64. The Kier molecular flexibility index (Phi) is 9.58. The van der Waals surface area contributed by atoms with Crippen molar-refractivity contribution in [1.82, 2.24) is 10.6 Å². The van der Waals surface area contributed by atoms with Gasteiger partial charge in [0.2, 0.25) is 5.78 Å². The maximum atomic E-state index is 12.0. The fourth-order valence-corrected chi connectivity index (χ4v) is 2.34. The molecule has 0 heterocycles. The van der Waals surface area contributed by atoms with Crippen molar-refractivity contribution < 1.29 is 33.9 Å². The quantitative estimate of drug-likeness (QED) is 0.156. The van der Waals surface area contributed by atoms with Crippen LogP contribution in [-0.2, 0) is 14.3 Å². The van der Waals surface area contributed by atoms with E-state index in [-0.39, 0.29) is 36.2 Å². The Morgan fingerprint density at radius 3 is 2.26 bits per heavy atom. The number of carboxylic acid groups (broad SMARTS) is 1. The second-order valence-electron chi connectivity index (χ2n) is 8.06. The lowest BCUT2D eigenvalue weighted by Crippen LogP contribution is -2.42. The van der Waals surface area contributed by atoms with E-state index in [1.807, 2.05) is 20.8 Å². The van der Waals surface area contributed by atoms with Crippen molar-refractivity contribution in [3.05, 3.63) is 39.9 Å². The van der Waals surface area contributed by atoms with Crippen molar-refractivity contribution in [2.75, 3.05) is 13.2 Å². The first-order valence-corrected chi connectivity index (χ1v) is 9.64. The third-order valence-corrected chi connectivity index (χ3v) is 3.98. The zero-order valence-electron chi connectivity index (χ0n) is 17.7. The lowest BCUT2D eigenvalue weighted by atomic mass is 9.99. The Morgan fingerprint density at radius 1 is 1.13 bits per heavy atom. The summed E-state index contributed by atoms with van der Waals surface area (Å²) in [5.74, 6) is -2.90. The van der Waals surface area contributed by atoms with Crippen LogP contribution >= 0.6 is 0 Å². The van der Waals surface area contributed by atoms with Gasteiger partial charge in [-0.3, -0.25) is 19.7 Å². The number of carbonyl (C=O) groups excluding carboxylic acids is 3. The second-order valence-corrected chi connectivity index (χ2v) is 8.06. The fourth-order valence-electron chi connectivity index (χ4n) is 2.34. The third-order valence-electron chi connectivity index (χ3n) is 3.98. The predicted octanol–water partition coefficient (Wildman–Crippen LogP) is 2.29. The molecule has 0 aliphatic heterocycles. The van der Waals surface area contributed by atoms with Gasteiger partial charge in [0.15, 0.2) is 0 Å². The number of non-ortho nitro benzene ring substituents is 1. The topological polar surface area (TPSA) is 165 Å². The molecule has 0 saturated carbocycles. The molecule has 0 bridgehead atoms. The van der Waals surface area contributed by atoms with E-state index in [2.05, 4.69) is 10.6 Å². The normalized spacial score (nSPS) is 11.8. The number of amides is 2. The Bertz CT molecular complexity index is 815. The summed E-state index contributed by atoms with van der Waals surface area (Å²) in [6, 6.07) is 3.52. The zero-order chi connectivity index (χ0) is 23.6. The highest BCUT2D eigenvalue weighted by Crippen LogP contribution is 2.13. The maximum Gasteiger partial charge on any atom is 0.407 e. The summed E-state index contributed by atoms with van der Waals surface area (Å²) >= 11 is 0. The van der Waals surface area contributed by atoms with Crippen LogP contribution in [0, 0.1) is 15.5 Å². The van der Waals surface area contributed by atoms with Crippen LogP contribution in [0.5, 0.6) is 0 Å². The predicted molar refractivity (Wildman–Crippen MR) is 110 cm³/mol. The van der Waals surface area contributed by atoms with Gasteiger partial charge in [0.05, 0.1) is 11.5 Å². The number of benzene rings is 1. The summed E-state index contributed by atoms with van der Waals surface area (Å²) in [4.78, 5) is 56.9. The van der Waals surface area contributed by atoms with Gasteiger partial charge in [-0.25, -0.2) is 9.59 Å². The number of ketones is 1. The fraction of sp³-hybridized carbons (Fsp3) is 0.500. The molecule has 170 valence electrons. The van der Waals surface area contributed by atoms with E-state index < -0.39 is 34.7 Å². The number of nitrogens with one attached hydrogen (secondary N) is 2. The highest BCUT2D eigenvalue weighted by molar-refractivity contribution is 6.42. The second kappa shape index (κ2) is 11.6. The number of hydrogen-bond acceptors (Lipinski definition) is 7. The summed E-state index contributed by atoms with van der Waals surface area (Å²) < 4.78 is 4.99. The first-order chi connectivity index (χ1) is 14.4. The molecule has 0 aliphatic rings. The molecule has 11 nitrogen and oxygen atoms in total. The van der Waals surface area contributed by atoms with Gasteiger partial charge in [0.25, 0.3) is 11.6 Å². The summed E-state index contributed by atoms with van der Waals surface area (Å²) in [5, 5.41) is 24.5. The van der Waals surface area contributed by atoms with Crippen LogP contribution in [0.3, 0.4) is 0 Å². The summed E-state index contributed by atoms with van der Waals surface area (Å²) in [7, 11) is 0. The Balaban J connectivity index is 2.38. The number of hydrogen-bond donors (Lipinski definition) is 3. The molecule has 0 aliphatic carbocycles. The molecular formula is C20H27N3O8. The van der Waals surface area contributed by atoms with Gasteiger partial charge in [-0.1, -0.05) is 20.8 Å². The Hall–Kier alpha value is -3.50. The van der Waals surface area contributed by atoms with Crippen molar-refractivity contribution in [2.24, 2.45) is 5.41 Å². The molecule has 0 spiro atoms. The number of carbonyl (C=O) groups is 4. The monoisotopic (exact) mass is 437 g/mol. The van der Waals surface area contributed by atoms with E-state index in [0.29, 0.717) is 12.8 Å². The van der Waals surface area contributed by atoms with Crippen LogP contribution in [0.1, 0.15) is 50.4 Å². The minimum Gasteiger partial charge on any atom is -0.480 e. The summed E-state index contributed by atoms with van der Waals surface area (Å²) in [5.41, 5.74) is -0.423. The largest absolute Gasteiger partial charge is 0.480 e. The van der Waals surface area contributed by atoms with Crippen LogP contribution in [0.2, 0.25) is 0 Å². The van der Waals surface area contributed by atoms with E-state index >= 15 is 0 Å². The molecule has 1 aromatic rings. The maximum absolute atomic E-state index is 12.0. The first kappa shape index (κ1) is 25.5. The minimum atomic E-state index is -1.20. The van der Waals surface area contributed by atoms with Crippen molar-refractivity contribution in [3.63, 3.8) is 0 Å². The van der Waals surface area contributed by atoms with Crippen molar-refractivity contribution in [2.45, 2.75) is 46.1 Å². The number of alkyl carbamates (subject to hydrolysis) is 1. The molecule has 1 aromatic carbocycles. The Morgan fingerprint density at radius 2 is 1.74 bits per heavy atom. The zero-order valence-corrected chi connectivity index (χ0v) is 17.7. The Labute approximate surface area is 179 Å². The van der Waals surface area contributed by atoms with E-state index in [9.17, 15) is 34.4 Å². The molecule has 3 N–H and O–H groups in total. The molecule has 0 fully saturated rings. The van der Waals surface area contributed by atoms with Crippen molar-refractivity contribution in [3.8, 4) is 0 Å². The summed E-state index contributed by atoms with van der Waals surface area (Å²) in [6.07, 6.45) is 0.0421. The molecule has 1 rings (SSSR count). The van der Waals surface area contributed by atoms with Crippen molar-refractivity contribution >= 4 is 29.4 Å². The molecule has 0 aromatic heterocycles. The minimum absolute atomic E-state index is 0.0204. The van der Waals surface area contributed by atoms with E-state index in [0.717, 1.165) is 12.1 Å². The number of carboxylic acids is 1. The number of nitro groups is 1. The molecule has 2 amide bonds. The number of rotatable bonds is 11. The molecule has 0 unspecified atom stereocenters. The van der Waals surface area contributed by atoms with Gasteiger partial charge in [0.1, 0.15) is 6.04 Å². The van der Waals surface area contributed by atoms with Gasteiger partial charge >= 0.3 is 12.1 Å². The number of aliphatic carboxylic acids is 1. The smallest absolute Gasteiger partial charge is 0.407 e. The van der Waals surface area contributed by atoms with E-state index in [1.54, 1.807) is 0 Å². The molecular weight excluding hydrogens is 410 g/mol. The number of ether oxygens (including phenoxy) is 1. The van der Waals surface area contributed by atoms with Crippen LogP contribution in [0.25, 0.3) is 0 Å². The SMILES string of the molecule is CC(C)(C)COC(=O)N[C@@H](CCCCNC(=O)C(=O)c1ccc([N+](=O)[O-])cc1)C(=O)O. The van der Waals surface area contributed by atoms with Gasteiger partial charge in [-0.2, -0.15) is 0 Å². The molecule has 0 saturated heterocycles. The lowest BCUT2D eigenvalue weighted by Gasteiger charge is -2.20. The van der Waals surface area contributed by atoms with E-state index in [1.165, 1.54) is 12.1 Å². The standard InChI is InChI=1S/C20H27N3O8/c1-20(2,3)12-31-19(28)22-15(18(26)27)6-4-5-11-21-17(25)16(24)13-7-9-14(10-8-13)23(29)30/h7-10,15H,4-6,11-12H2,1-3H3,(H,21,25)(H,22,28)(H,26,27)/t15-/m0/s1. The van der Waals surface area contributed by atoms with Gasteiger partial charge < -0.3 is 20.5 Å². The van der Waals surface area contributed by atoms with Gasteiger partial charge in [-0.15, -0.1) is 0 Å². The molecule has 0 radical (unpaired) electrons.